The van der Waals surface area contributed by atoms with Gasteiger partial charge in [0.15, 0.2) is 0 Å². The van der Waals surface area contributed by atoms with Gasteiger partial charge in [0, 0.05) is 49.8 Å². The molecule has 5 nitrogen and oxygen atoms in total. The first-order valence-corrected chi connectivity index (χ1v) is 10.1. The molecule has 2 aromatic heterocycles. The molecule has 1 aliphatic rings. The number of likely N-dealkylation sites (tertiary alicyclic amines) is 1. The Morgan fingerprint density at radius 1 is 1.18 bits per heavy atom. The number of hydrogen-bond acceptors (Lipinski definition) is 3. The first-order chi connectivity index (χ1) is 13.6. The average Bonchev–Trinajstić information content (AvgIpc) is 3.09. The molecule has 3 heterocycles. The molecule has 0 spiro atoms. The largest absolute Gasteiger partial charge is 0.339 e. The second kappa shape index (κ2) is 8.15. The number of carbonyl (C=O) groups excluding carboxylic acids is 1. The number of amides is 1. The Bertz CT molecular complexity index is 942. The highest BCUT2D eigenvalue weighted by molar-refractivity contribution is 5.95. The van der Waals surface area contributed by atoms with Crippen molar-refractivity contribution in [2.45, 2.75) is 26.3 Å². The van der Waals surface area contributed by atoms with Gasteiger partial charge in [-0.2, -0.15) is 0 Å². The smallest absolute Gasteiger partial charge is 0.254 e. The van der Waals surface area contributed by atoms with E-state index in [4.69, 9.17) is 0 Å². The predicted molar refractivity (Wildman–Crippen MR) is 111 cm³/mol. The molecule has 5 heteroatoms. The van der Waals surface area contributed by atoms with Crippen LogP contribution in [-0.2, 0) is 6.54 Å². The van der Waals surface area contributed by atoms with E-state index in [1.807, 2.05) is 40.8 Å². The van der Waals surface area contributed by atoms with Crippen LogP contribution in [0.15, 0.2) is 54.9 Å². The predicted octanol–water partition coefficient (Wildman–Crippen LogP) is 3.63. The van der Waals surface area contributed by atoms with E-state index in [1.54, 1.807) is 0 Å². The van der Waals surface area contributed by atoms with Crippen LogP contribution in [0.5, 0.6) is 0 Å². The summed E-state index contributed by atoms with van der Waals surface area (Å²) in [5, 5.41) is 0. The summed E-state index contributed by atoms with van der Waals surface area (Å²) in [7, 11) is 2.19. The fraction of sp³-hybridized carbons (Fsp3) is 0.391. The number of aryl methyl sites for hydroxylation is 1. The van der Waals surface area contributed by atoms with E-state index >= 15 is 0 Å². The first-order valence-electron chi connectivity index (χ1n) is 10.1. The Hall–Kier alpha value is -2.66. The summed E-state index contributed by atoms with van der Waals surface area (Å²) in [4.78, 5) is 21.7. The molecule has 146 valence electrons. The maximum atomic E-state index is 12.9. The molecular weight excluding hydrogens is 348 g/mol. The number of benzene rings is 1. The van der Waals surface area contributed by atoms with Gasteiger partial charge >= 0.3 is 0 Å². The van der Waals surface area contributed by atoms with Gasteiger partial charge in [0.25, 0.3) is 5.91 Å². The molecule has 0 bridgehead atoms. The van der Waals surface area contributed by atoms with Crippen molar-refractivity contribution in [2.75, 3.05) is 26.7 Å². The number of aromatic nitrogens is 2. The van der Waals surface area contributed by atoms with Gasteiger partial charge in [-0.15, -0.1) is 0 Å². The molecule has 3 aromatic rings. The van der Waals surface area contributed by atoms with Gasteiger partial charge in [0.1, 0.15) is 5.65 Å². The number of piperidine rings is 1. The van der Waals surface area contributed by atoms with Gasteiger partial charge in [0.2, 0.25) is 0 Å². The van der Waals surface area contributed by atoms with Crippen molar-refractivity contribution >= 4 is 11.6 Å². The Labute approximate surface area is 166 Å². The maximum absolute atomic E-state index is 12.9. The van der Waals surface area contributed by atoms with E-state index in [0.29, 0.717) is 5.92 Å². The van der Waals surface area contributed by atoms with Gasteiger partial charge in [-0.05, 0) is 50.4 Å². The zero-order valence-electron chi connectivity index (χ0n) is 16.7. The summed E-state index contributed by atoms with van der Waals surface area (Å²) in [5.41, 5.74) is 4.00. The van der Waals surface area contributed by atoms with E-state index in [1.165, 1.54) is 5.56 Å². The minimum atomic E-state index is 0.124. The highest BCUT2D eigenvalue weighted by atomic mass is 16.2. The summed E-state index contributed by atoms with van der Waals surface area (Å²) in [6.45, 7) is 5.74. The molecule has 1 amide bonds. The second-order valence-electron chi connectivity index (χ2n) is 7.96. The summed E-state index contributed by atoms with van der Waals surface area (Å²) >= 11 is 0. The molecule has 0 unspecified atom stereocenters. The fourth-order valence-corrected chi connectivity index (χ4v) is 4.14. The Balaban J connectivity index is 1.31. The Kier molecular flexibility index (Phi) is 5.44. The van der Waals surface area contributed by atoms with Crippen LogP contribution >= 0.6 is 0 Å². The number of hydrogen-bond donors (Lipinski definition) is 0. The van der Waals surface area contributed by atoms with Crippen LogP contribution in [0.25, 0.3) is 5.65 Å². The van der Waals surface area contributed by atoms with E-state index in [9.17, 15) is 4.79 Å². The molecule has 0 aliphatic carbocycles. The van der Waals surface area contributed by atoms with Crippen LogP contribution in [-0.4, -0.2) is 51.8 Å². The average molecular weight is 377 g/mol. The highest BCUT2D eigenvalue weighted by Crippen LogP contribution is 2.21. The molecule has 1 fully saturated rings. The molecule has 0 saturated carbocycles. The van der Waals surface area contributed by atoms with Crippen molar-refractivity contribution in [3.05, 3.63) is 71.7 Å². The van der Waals surface area contributed by atoms with Crippen molar-refractivity contribution in [3.8, 4) is 0 Å². The molecule has 1 aromatic carbocycles. The first kappa shape index (κ1) is 18.7. The normalized spacial score (nSPS) is 15.5. The Morgan fingerprint density at radius 3 is 2.68 bits per heavy atom. The number of pyridine rings is 1. The SMILES string of the molecule is Cc1cnc2cc(C(=O)N3CCC(CN(C)Cc4ccccc4)CC3)ccn12. The summed E-state index contributed by atoms with van der Waals surface area (Å²) in [6.07, 6.45) is 5.91. The quantitative estimate of drug-likeness (QED) is 0.683. The summed E-state index contributed by atoms with van der Waals surface area (Å²) in [5.74, 6) is 0.773. The Morgan fingerprint density at radius 2 is 1.93 bits per heavy atom. The summed E-state index contributed by atoms with van der Waals surface area (Å²) < 4.78 is 2.01. The minimum Gasteiger partial charge on any atom is -0.339 e. The number of nitrogens with zero attached hydrogens (tertiary/aromatic N) is 4. The van der Waals surface area contributed by atoms with Crippen molar-refractivity contribution in [2.24, 2.45) is 5.92 Å². The van der Waals surface area contributed by atoms with Gasteiger partial charge in [-0.3, -0.25) is 4.79 Å². The number of imidazole rings is 1. The van der Waals surface area contributed by atoms with Crippen LogP contribution < -0.4 is 0 Å². The topological polar surface area (TPSA) is 40.9 Å². The van der Waals surface area contributed by atoms with Gasteiger partial charge in [-0.25, -0.2) is 4.98 Å². The molecule has 0 atom stereocenters. The van der Waals surface area contributed by atoms with Gasteiger partial charge in [0.05, 0.1) is 0 Å². The third-order valence-corrected chi connectivity index (χ3v) is 5.71. The minimum absolute atomic E-state index is 0.124. The van der Waals surface area contributed by atoms with Crippen LogP contribution in [0, 0.1) is 12.8 Å². The van der Waals surface area contributed by atoms with Crippen LogP contribution in [0.4, 0.5) is 0 Å². The standard InChI is InChI=1S/C23H28N4O/c1-18-15-24-22-14-21(10-13-27(18)22)23(28)26-11-8-20(9-12-26)17-25(2)16-19-6-4-3-5-7-19/h3-7,10,13-15,20H,8-9,11-12,16-17H2,1-2H3. The van der Waals surface area contributed by atoms with Crippen LogP contribution in [0.2, 0.25) is 0 Å². The lowest BCUT2D eigenvalue weighted by atomic mass is 9.95. The highest BCUT2D eigenvalue weighted by Gasteiger charge is 2.24. The zero-order valence-corrected chi connectivity index (χ0v) is 16.7. The lowest BCUT2D eigenvalue weighted by Gasteiger charge is -2.34. The molecule has 1 aliphatic heterocycles. The second-order valence-corrected chi connectivity index (χ2v) is 7.96. The number of rotatable bonds is 5. The van der Waals surface area contributed by atoms with Crippen molar-refractivity contribution in [1.29, 1.82) is 0 Å². The van der Waals surface area contributed by atoms with E-state index in [2.05, 4.69) is 47.3 Å². The third-order valence-electron chi connectivity index (χ3n) is 5.71. The molecule has 4 rings (SSSR count). The van der Waals surface area contributed by atoms with E-state index in [-0.39, 0.29) is 5.91 Å². The zero-order chi connectivity index (χ0) is 19.5. The number of carbonyl (C=O) groups is 1. The molecule has 28 heavy (non-hydrogen) atoms. The van der Waals surface area contributed by atoms with Crippen molar-refractivity contribution in [3.63, 3.8) is 0 Å². The monoisotopic (exact) mass is 376 g/mol. The van der Waals surface area contributed by atoms with Crippen molar-refractivity contribution in [1.82, 2.24) is 19.2 Å². The van der Waals surface area contributed by atoms with E-state index in [0.717, 1.165) is 55.9 Å². The van der Waals surface area contributed by atoms with Gasteiger partial charge in [-0.1, -0.05) is 30.3 Å². The van der Waals surface area contributed by atoms with Crippen LogP contribution in [0.1, 0.15) is 34.5 Å². The van der Waals surface area contributed by atoms with Crippen molar-refractivity contribution < 1.29 is 4.79 Å². The van der Waals surface area contributed by atoms with E-state index < -0.39 is 0 Å². The fourth-order valence-electron chi connectivity index (χ4n) is 4.14. The maximum Gasteiger partial charge on any atom is 0.254 e. The lowest BCUT2D eigenvalue weighted by molar-refractivity contribution is 0.0672. The molecule has 0 radical (unpaired) electrons. The number of fused-ring (bicyclic) bond motifs is 1. The van der Waals surface area contributed by atoms with Crippen LogP contribution in [0.3, 0.4) is 0 Å². The third kappa shape index (κ3) is 4.09. The summed E-state index contributed by atoms with van der Waals surface area (Å²) in [6, 6.07) is 14.4. The van der Waals surface area contributed by atoms with Gasteiger partial charge < -0.3 is 14.2 Å². The molecular formula is C23H28N4O. The molecule has 1 saturated heterocycles. The lowest BCUT2D eigenvalue weighted by Crippen LogP contribution is -2.41. The molecule has 0 N–H and O–H groups in total.